The number of amides is 1. The molecule has 0 unspecified atom stereocenters. The lowest BCUT2D eigenvalue weighted by Gasteiger charge is -2.41. The molecule has 0 bridgehead atoms. The summed E-state index contributed by atoms with van der Waals surface area (Å²) in [7, 11) is 3.15. The fourth-order valence-electron chi connectivity index (χ4n) is 3.68. The number of aryl methyl sites for hydroxylation is 1. The smallest absolute Gasteiger partial charge is 0.254 e. The van der Waals surface area contributed by atoms with Gasteiger partial charge in [0.15, 0.2) is 11.5 Å². The zero-order valence-electron chi connectivity index (χ0n) is 16.8. The van der Waals surface area contributed by atoms with Crippen LogP contribution in [0.3, 0.4) is 0 Å². The van der Waals surface area contributed by atoms with Crippen molar-refractivity contribution in [2.45, 2.75) is 26.0 Å². The van der Waals surface area contributed by atoms with Crippen LogP contribution in [0.1, 0.15) is 33.1 Å². The molecule has 2 aromatic carbocycles. The van der Waals surface area contributed by atoms with Gasteiger partial charge in [-0.2, -0.15) is 0 Å². The maximum absolute atomic E-state index is 13.4. The van der Waals surface area contributed by atoms with Crippen molar-refractivity contribution in [1.29, 1.82) is 0 Å². The number of ether oxygens (including phenoxy) is 3. The minimum Gasteiger partial charge on any atom is -0.493 e. The lowest BCUT2D eigenvalue weighted by Crippen LogP contribution is -2.49. The number of carbonyl (C=O) groups excluding carboxylic acids is 1. The minimum absolute atomic E-state index is 0.0669. The van der Waals surface area contributed by atoms with E-state index in [4.69, 9.17) is 14.2 Å². The topological polar surface area (TPSA) is 68.2 Å². The maximum Gasteiger partial charge on any atom is 0.254 e. The summed E-state index contributed by atoms with van der Waals surface area (Å²) in [5.74, 6) is 1.11. The number of morpholine rings is 1. The molecule has 1 saturated heterocycles. The van der Waals surface area contributed by atoms with Crippen LogP contribution in [0.4, 0.5) is 0 Å². The van der Waals surface area contributed by atoms with Gasteiger partial charge < -0.3 is 24.2 Å². The highest BCUT2D eigenvalue weighted by Gasteiger charge is 2.37. The van der Waals surface area contributed by atoms with Gasteiger partial charge in [-0.3, -0.25) is 4.79 Å². The van der Waals surface area contributed by atoms with Crippen LogP contribution in [-0.4, -0.2) is 56.0 Å². The van der Waals surface area contributed by atoms with E-state index in [9.17, 15) is 9.90 Å². The van der Waals surface area contributed by atoms with Crippen LogP contribution in [0.15, 0.2) is 36.4 Å². The van der Waals surface area contributed by atoms with Crippen molar-refractivity contribution in [3.63, 3.8) is 0 Å². The zero-order valence-corrected chi connectivity index (χ0v) is 16.8. The first-order chi connectivity index (χ1) is 13.5. The van der Waals surface area contributed by atoms with Crippen LogP contribution in [-0.2, 0) is 4.74 Å². The number of methoxy groups -OCH3 is 2. The highest BCUT2D eigenvalue weighted by Crippen LogP contribution is 2.36. The largest absolute Gasteiger partial charge is 0.493 e. The molecule has 0 aliphatic carbocycles. The number of carbonyl (C=O) groups is 1. The molecule has 1 aliphatic heterocycles. The van der Waals surface area contributed by atoms with Crippen molar-refractivity contribution in [3.8, 4) is 11.5 Å². The van der Waals surface area contributed by atoms with E-state index < -0.39 is 12.1 Å². The van der Waals surface area contributed by atoms with E-state index in [1.807, 2.05) is 44.2 Å². The van der Waals surface area contributed by atoms with Gasteiger partial charge in [0.2, 0.25) is 0 Å². The van der Waals surface area contributed by atoms with Gasteiger partial charge in [-0.1, -0.05) is 18.2 Å². The summed E-state index contributed by atoms with van der Waals surface area (Å²) in [4.78, 5) is 15.2. The monoisotopic (exact) mass is 385 g/mol. The normalized spacial score (nSPS) is 19.4. The molecule has 1 heterocycles. The van der Waals surface area contributed by atoms with Crippen LogP contribution < -0.4 is 9.47 Å². The molecule has 2 atom stereocenters. The molecule has 6 nitrogen and oxygen atoms in total. The molecule has 0 radical (unpaired) electrons. The van der Waals surface area contributed by atoms with E-state index in [-0.39, 0.29) is 12.5 Å². The summed E-state index contributed by atoms with van der Waals surface area (Å²) in [5.41, 5.74) is 3.53. The molecule has 1 aliphatic rings. The highest BCUT2D eigenvalue weighted by atomic mass is 16.5. The van der Waals surface area contributed by atoms with Gasteiger partial charge in [0.1, 0.15) is 6.10 Å². The Morgan fingerprint density at radius 2 is 1.93 bits per heavy atom. The average molecular weight is 385 g/mol. The number of aliphatic hydroxyl groups is 1. The fourth-order valence-corrected chi connectivity index (χ4v) is 3.68. The SMILES string of the molecule is COc1ccc([C@@H]2[C@@H](CO)OCCN2C(=O)c2cccc(C)c2C)cc1OC. The van der Waals surface area contributed by atoms with Gasteiger partial charge in [-0.25, -0.2) is 0 Å². The number of benzene rings is 2. The zero-order chi connectivity index (χ0) is 20.3. The van der Waals surface area contributed by atoms with Gasteiger partial charge in [-0.15, -0.1) is 0 Å². The maximum atomic E-state index is 13.4. The van der Waals surface area contributed by atoms with Crippen LogP contribution in [0.2, 0.25) is 0 Å². The number of aliphatic hydroxyl groups excluding tert-OH is 1. The highest BCUT2D eigenvalue weighted by molar-refractivity contribution is 5.96. The molecule has 3 rings (SSSR count). The molecule has 1 fully saturated rings. The first-order valence-corrected chi connectivity index (χ1v) is 9.33. The molecule has 0 saturated carbocycles. The molecule has 0 aromatic heterocycles. The molecule has 0 spiro atoms. The van der Waals surface area contributed by atoms with Crippen molar-refractivity contribution in [2.75, 3.05) is 34.0 Å². The molecular weight excluding hydrogens is 358 g/mol. The van der Waals surface area contributed by atoms with E-state index in [1.54, 1.807) is 25.2 Å². The summed E-state index contributed by atoms with van der Waals surface area (Å²) in [6.45, 7) is 4.59. The standard InChI is InChI=1S/C22H27NO5/c1-14-6-5-7-17(15(14)2)22(25)23-10-11-28-20(13-24)21(23)16-8-9-18(26-3)19(12-16)27-4/h5-9,12,20-21,24H,10-11,13H2,1-4H3/t20-,21-/m1/s1. The van der Waals surface area contributed by atoms with Crippen LogP contribution in [0.5, 0.6) is 11.5 Å². The summed E-state index contributed by atoms with van der Waals surface area (Å²) >= 11 is 0. The summed E-state index contributed by atoms with van der Waals surface area (Å²) in [5, 5.41) is 9.90. The molecule has 150 valence electrons. The van der Waals surface area contributed by atoms with E-state index in [0.29, 0.717) is 30.2 Å². The minimum atomic E-state index is -0.513. The van der Waals surface area contributed by atoms with E-state index in [1.165, 1.54) is 0 Å². The Bertz CT molecular complexity index is 851. The first kappa shape index (κ1) is 20.2. The number of hydrogen-bond donors (Lipinski definition) is 1. The van der Waals surface area contributed by atoms with Crippen molar-refractivity contribution in [2.24, 2.45) is 0 Å². The van der Waals surface area contributed by atoms with Crippen molar-refractivity contribution < 1.29 is 24.1 Å². The van der Waals surface area contributed by atoms with Gasteiger partial charge in [0.05, 0.1) is 33.5 Å². The van der Waals surface area contributed by atoms with Gasteiger partial charge in [0.25, 0.3) is 5.91 Å². The van der Waals surface area contributed by atoms with Crippen LogP contribution >= 0.6 is 0 Å². The fraction of sp³-hybridized carbons (Fsp3) is 0.409. The molecule has 1 N–H and O–H groups in total. The van der Waals surface area contributed by atoms with E-state index in [0.717, 1.165) is 16.7 Å². The Labute approximate surface area is 165 Å². The summed E-state index contributed by atoms with van der Waals surface area (Å²) in [6.07, 6.45) is -0.513. The number of hydrogen-bond acceptors (Lipinski definition) is 5. The molecule has 2 aromatic rings. The third-order valence-corrected chi connectivity index (χ3v) is 5.38. The number of rotatable bonds is 5. The molecule has 1 amide bonds. The Balaban J connectivity index is 2.04. The second-order valence-electron chi connectivity index (χ2n) is 6.90. The van der Waals surface area contributed by atoms with E-state index in [2.05, 4.69) is 0 Å². The molecule has 6 heteroatoms. The Morgan fingerprint density at radius 1 is 1.18 bits per heavy atom. The Hall–Kier alpha value is -2.57. The predicted octanol–water partition coefficient (Wildman–Crippen LogP) is 2.90. The number of nitrogens with zero attached hydrogens (tertiary/aromatic N) is 1. The lowest BCUT2D eigenvalue weighted by molar-refractivity contribution is -0.0812. The quantitative estimate of drug-likeness (QED) is 0.857. The van der Waals surface area contributed by atoms with Crippen LogP contribution in [0.25, 0.3) is 0 Å². The lowest BCUT2D eigenvalue weighted by atomic mass is 9.95. The van der Waals surface area contributed by atoms with Gasteiger partial charge in [0, 0.05) is 12.1 Å². The molecular formula is C22H27NO5. The third-order valence-electron chi connectivity index (χ3n) is 5.38. The third kappa shape index (κ3) is 3.70. The summed E-state index contributed by atoms with van der Waals surface area (Å²) in [6, 6.07) is 10.8. The average Bonchev–Trinajstić information content (AvgIpc) is 2.74. The van der Waals surface area contributed by atoms with Crippen molar-refractivity contribution in [1.82, 2.24) is 4.90 Å². The van der Waals surface area contributed by atoms with E-state index >= 15 is 0 Å². The first-order valence-electron chi connectivity index (χ1n) is 9.33. The van der Waals surface area contributed by atoms with Gasteiger partial charge >= 0.3 is 0 Å². The second kappa shape index (κ2) is 8.63. The van der Waals surface area contributed by atoms with Crippen LogP contribution in [0, 0.1) is 13.8 Å². The second-order valence-corrected chi connectivity index (χ2v) is 6.90. The van der Waals surface area contributed by atoms with Gasteiger partial charge in [-0.05, 0) is 48.7 Å². The molecule has 28 heavy (non-hydrogen) atoms. The summed E-state index contributed by atoms with van der Waals surface area (Å²) < 4.78 is 16.5. The Morgan fingerprint density at radius 3 is 2.61 bits per heavy atom. The predicted molar refractivity (Wildman–Crippen MR) is 106 cm³/mol. The van der Waals surface area contributed by atoms with Crippen molar-refractivity contribution >= 4 is 5.91 Å². The van der Waals surface area contributed by atoms with Crippen molar-refractivity contribution in [3.05, 3.63) is 58.7 Å². The Kier molecular flexibility index (Phi) is 6.21.